The Hall–Kier alpha value is 2.08. The van der Waals surface area contributed by atoms with Crippen LogP contribution in [0, 0.1) is 0 Å². The van der Waals surface area contributed by atoms with Crippen molar-refractivity contribution in [3.8, 4) is 0 Å². The van der Waals surface area contributed by atoms with Crippen molar-refractivity contribution in [3.63, 3.8) is 0 Å². The molecule has 0 aromatic heterocycles. The molecular formula is Cl2FOZr2. The molecule has 6 heavy (non-hydrogen) atoms. The molecule has 1 nitrogen and oxygen atoms in total. The predicted octanol–water partition coefficient (Wildman–Crippen LogP) is 1.68. The summed E-state index contributed by atoms with van der Waals surface area (Å²) < 4.78 is 18.3. The van der Waals surface area contributed by atoms with E-state index in [2.05, 4.69) is 0 Å². The van der Waals surface area contributed by atoms with Crippen LogP contribution in [0.25, 0.3) is 0 Å². The summed E-state index contributed by atoms with van der Waals surface area (Å²) in [6.45, 7) is 0. The van der Waals surface area contributed by atoms with Gasteiger partial charge in [-0.2, -0.15) is 0 Å². The van der Waals surface area contributed by atoms with Gasteiger partial charge >= 0.3 is 67.2 Å². The Kier molecular flexibility index (Phi) is 28.7. The fraction of sp³-hybridized carbons (Fsp3) is 0. The Morgan fingerprint density at radius 3 is 1.50 bits per heavy atom. The van der Waals surface area contributed by atoms with Crippen LogP contribution < -0.4 is 0 Å². The molecule has 35 valence electrons. The molecule has 0 unspecified atom stereocenters. The van der Waals surface area contributed by atoms with Crippen molar-refractivity contribution >= 4 is 17.0 Å². The monoisotopic (exact) mass is 285 g/mol. The van der Waals surface area contributed by atoms with E-state index in [0.717, 1.165) is 0 Å². The quantitative estimate of drug-likeness (QED) is 0.663. The Labute approximate surface area is 66.1 Å². The van der Waals surface area contributed by atoms with Crippen LogP contribution in [0.2, 0.25) is 0 Å². The Balaban J connectivity index is 0. The molecule has 0 radical (unpaired) electrons. The van der Waals surface area contributed by atoms with Crippen LogP contribution in [0.4, 0.5) is 2.63 Å². The Bertz CT molecular complexity index is 25.5. The van der Waals surface area contributed by atoms with Gasteiger partial charge in [-0.3, -0.25) is 0 Å². The van der Waals surface area contributed by atoms with Crippen molar-refractivity contribution in [1.82, 2.24) is 0 Å². The average molecular weight is 288 g/mol. The summed E-state index contributed by atoms with van der Waals surface area (Å²) in [4.78, 5) is 0. The van der Waals surface area contributed by atoms with E-state index in [1.165, 1.54) is 0 Å². The van der Waals surface area contributed by atoms with Gasteiger partial charge < -0.3 is 0 Å². The van der Waals surface area contributed by atoms with Crippen LogP contribution in [-0.2, 0) is 47.5 Å². The van der Waals surface area contributed by atoms with E-state index in [1.807, 2.05) is 0 Å². The van der Waals surface area contributed by atoms with Crippen molar-refractivity contribution in [2.75, 3.05) is 0 Å². The maximum atomic E-state index is 9.91. The second-order valence-corrected chi connectivity index (χ2v) is 4.26. The van der Waals surface area contributed by atoms with Crippen molar-refractivity contribution in [2.24, 2.45) is 0 Å². The van der Waals surface area contributed by atoms with E-state index in [4.69, 9.17) is 19.8 Å². The minimum absolute atomic E-state index is 0.826. The molecule has 6 heteroatoms. The van der Waals surface area contributed by atoms with E-state index < -0.39 is 44.7 Å². The number of hydrogen-bond donors (Lipinski definition) is 0. The fourth-order valence-electron chi connectivity index (χ4n) is 0. The first kappa shape index (κ1) is 11.0. The summed E-state index contributed by atoms with van der Waals surface area (Å²) in [5, 5.41) is 0. The standard InChI is InChI=1S/2ClH.FH.O.2Zr/h3*1H;;;/q;;;;+1;+2/p-3. The van der Waals surface area contributed by atoms with Crippen LogP contribution in [0.1, 0.15) is 0 Å². The molecule has 0 heterocycles. The van der Waals surface area contributed by atoms with Gasteiger partial charge in [-0.05, 0) is 0 Å². The van der Waals surface area contributed by atoms with Gasteiger partial charge in [0.15, 0.2) is 0 Å². The second kappa shape index (κ2) is 15.7. The number of halogens is 3. The minimum atomic E-state index is -2.52. The molecule has 0 aliphatic rings. The van der Waals surface area contributed by atoms with Gasteiger partial charge in [0.05, 0.1) is 0 Å². The van der Waals surface area contributed by atoms with E-state index in [-0.39, 0.29) is 0 Å². The van der Waals surface area contributed by atoms with Crippen molar-refractivity contribution in [3.05, 3.63) is 0 Å². The van der Waals surface area contributed by atoms with E-state index in [1.54, 1.807) is 0 Å². The van der Waals surface area contributed by atoms with Crippen LogP contribution >= 0.6 is 17.0 Å². The average Bonchev–Trinajstić information content (AvgIpc) is 1.39. The molecule has 0 aromatic rings. The van der Waals surface area contributed by atoms with E-state index >= 15 is 0 Å². The molecule has 0 atom stereocenters. The van der Waals surface area contributed by atoms with Gasteiger partial charge in [0.2, 0.25) is 0 Å². The molecule has 0 bridgehead atoms. The summed E-state index contributed by atoms with van der Waals surface area (Å²) in [6.07, 6.45) is 0. The normalized spacial score (nSPS) is 3.83. The second-order valence-electron chi connectivity index (χ2n) is 0.149. The molecule has 0 spiro atoms. The molecule has 0 saturated carbocycles. The first-order valence-corrected chi connectivity index (χ1v) is 9.03. The van der Waals surface area contributed by atoms with Crippen molar-refractivity contribution < 1.29 is 50.1 Å². The third kappa shape index (κ3) is 36.3. The predicted molar refractivity (Wildman–Crippen MR) is 13.5 cm³/mol. The summed E-state index contributed by atoms with van der Waals surface area (Å²) in [7, 11) is 9.87. The SMILES string of the molecule is [Cl][Zr][Cl].[O]=[Zr][F]. The van der Waals surface area contributed by atoms with E-state index in [0.29, 0.717) is 0 Å². The van der Waals surface area contributed by atoms with Gasteiger partial charge in [0, 0.05) is 0 Å². The third-order valence-corrected chi connectivity index (χ3v) is 0. The molecular weight excluding hydrogens is 288 g/mol. The summed E-state index contributed by atoms with van der Waals surface area (Å²) >= 11 is -3.35. The number of hydrogen-bond acceptors (Lipinski definition) is 1. The Morgan fingerprint density at radius 1 is 1.50 bits per heavy atom. The topological polar surface area (TPSA) is 17.1 Å². The first-order chi connectivity index (χ1) is 2.83. The zero-order valence-corrected chi connectivity index (χ0v) is 8.97. The maximum absolute atomic E-state index is 9.91. The van der Waals surface area contributed by atoms with Crippen LogP contribution in [0.15, 0.2) is 0 Å². The van der Waals surface area contributed by atoms with Crippen LogP contribution in [-0.4, -0.2) is 0 Å². The molecule has 0 fully saturated rings. The fourth-order valence-corrected chi connectivity index (χ4v) is 0. The van der Waals surface area contributed by atoms with Gasteiger partial charge in [-0.25, -0.2) is 0 Å². The van der Waals surface area contributed by atoms with Gasteiger partial charge in [-0.15, -0.1) is 0 Å². The molecule has 0 aromatic carbocycles. The molecule has 0 N–H and O–H groups in total. The molecule has 0 saturated heterocycles. The van der Waals surface area contributed by atoms with Crippen LogP contribution in [0.3, 0.4) is 0 Å². The molecule has 0 rings (SSSR count). The number of rotatable bonds is 0. The van der Waals surface area contributed by atoms with Gasteiger partial charge in [0.25, 0.3) is 0 Å². The zero-order valence-electron chi connectivity index (χ0n) is 2.54. The first-order valence-electron chi connectivity index (χ1n) is 0.771. The summed E-state index contributed by atoms with van der Waals surface area (Å²) in [5.74, 6) is 0. The zero-order chi connectivity index (χ0) is 5.41. The third-order valence-electron chi connectivity index (χ3n) is 0. The van der Waals surface area contributed by atoms with E-state index in [9.17, 15) is 2.63 Å². The van der Waals surface area contributed by atoms with Gasteiger partial charge in [0.1, 0.15) is 0 Å². The summed E-state index contributed by atoms with van der Waals surface area (Å²) in [6, 6.07) is 0. The Morgan fingerprint density at radius 2 is 1.50 bits per heavy atom. The van der Waals surface area contributed by atoms with Gasteiger partial charge in [-0.1, -0.05) is 0 Å². The summed E-state index contributed by atoms with van der Waals surface area (Å²) in [5.41, 5.74) is 0. The molecule has 0 aliphatic heterocycles. The van der Waals surface area contributed by atoms with Crippen molar-refractivity contribution in [1.29, 1.82) is 0 Å². The van der Waals surface area contributed by atoms with Crippen molar-refractivity contribution in [2.45, 2.75) is 0 Å². The van der Waals surface area contributed by atoms with Crippen LogP contribution in [0.5, 0.6) is 0 Å². The molecule has 0 amide bonds. The molecule has 0 aliphatic carbocycles.